The number of unbranched alkanes of at least 4 members (excludes halogenated alkanes) is 2. The fourth-order valence-electron chi connectivity index (χ4n) is 3.70. The number of aliphatic hydroxyl groups is 4. The van der Waals surface area contributed by atoms with Crippen molar-refractivity contribution in [3.05, 3.63) is 0 Å². The van der Waals surface area contributed by atoms with E-state index in [0.717, 1.165) is 32.1 Å². The summed E-state index contributed by atoms with van der Waals surface area (Å²) >= 11 is 0. The van der Waals surface area contributed by atoms with E-state index in [0.29, 0.717) is 19.6 Å². The molecule has 0 aromatic rings. The van der Waals surface area contributed by atoms with E-state index < -0.39 is 69.3 Å². The second-order valence-corrected chi connectivity index (χ2v) is 9.11. The smallest absolute Gasteiger partial charge is 0.184 e. The van der Waals surface area contributed by atoms with E-state index in [9.17, 15) is 24.8 Å². The van der Waals surface area contributed by atoms with Gasteiger partial charge in [0.05, 0.1) is 38.1 Å². The van der Waals surface area contributed by atoms with Crippen molar-refractivity contribution in [3.63, 3.8) is 0 Å². The topological polar surface area (TPSA) is 162 Å². The normalized spacial score (nSPS) is 24.6. The van der Waals surface area contributed by atoms with Crippen LogP contribution in [0, 0.1) is 0 Å². The van der Waals surface area contributed by atoms with E-state index in [1.54, 1.807) is 13.8 Å². The van der Waals surface area contributed by atoms with E-state index in [-0.39, 0.29) is 12.7 Å². The van der Waals surface area contributed by atoms with Crippen LogP contribution in [0.4, 0.5) is 4.39 Å². The maximum Gasteiger partial charge on any atom is 0.184 e. The van der Waals surface area contributed by atoms with Crippen molar-refractivity contribution in [2.24, 2.45) is 5.73 Å². The fraction of sp³-hybridized carbons (Fsp3) is 1.00. The van der Waals surface area contributed by atoms with Gasteiger partial charge in [-0.25, -0.2) is 4.39 Å². The Bertz CT molecular complexity index is 535. The third-order valence-corrected chi connectivity index (χ3v) is 5.94. The molecule has 1 heterocycles. The number of hydrogen-bond acceptors (Lipinski definition) is 11. The van der Waals surface area contributed by atoms with Gasteiger partial charge in [0.15, 0.2) is 18.9 Å². The Morgan fingerprint density at radius 3 is 2.28 bits per heavy atom. The van der Waals surface area contributed by atoms with E-state index >= 15 is 0 Å². The van der Waals surface area contributed by atoms with Crippen LogP contribution in [0.15, 0.2) is 0 Å². The lowest BCUT2D eigenvalue weighted by Crippen LogP contribution is -2.46. The number of hydrogen-bond donors (Lipinski definition) is 5. The molecule has 6 unspecified atom stereocenters. The van der Waals surface area contributed by atoms with Crippen molar-refractivity contribution in [2.45, 2.75) is 115 Å². The van der Waals surface area contributed by atoms with Crippen molar-refractivity contribution < 1.29 is 53.2 Å². The van der Waals surface area contributed by atoms with Crippen LogP contribution in [0.2, 0.25) is 0 Å². The van der Waals surface area contributed by atoms with Gasteiger partial charge in [0.1, 0.15) is 25.0 Å². The van der Waals surface area contributed by atoms with Crippen molar-refractivity contribution in [3.8, 4) is 0 Å². The average Bonchev–Trinajstić information content (AvgIpc) is 2.87. The zero-order valence-corrected chi connectivity index (χ0v) is 21.9. The van der Waals surface area contributed by atoms with Gasteiger partial charge in [-0.3, -0.25) is 0 Å². The van der Waals surface area contributed by atoms with Crippen molar-refractivity contribution >= 4 is 0 Å². The first-order valence-electron chi connectivity index (χ1n) is 12.9. The van der Waals surface area contributed by atoms with Crippen LogP contribution < -0.4 is 5.73 Å². The summed E-state index contributed by atoms with van der Waals surface area (Å²) in [5.41, 5.74) is 5.46. The number of ether oxygens (including phenoxy) is 6. The zero-order valence-electron chi connectivity index (χ0n) is 21.9. The molecule has 0 spiro atoms. The molecule has 1 saturated heterocycles. The summed E-state index contributed by atoms with van der Waals surface area (Å²) in [6.07, 6.45) is -3.01. The van der Waals surface area contributed by atoms with E-state index in [1.165, 1.54) is 6.92 Å². The largest absolute Gasteiger partial charge is 0.394 e. The molecular weight excluding hydrogens is 481 g/mol. The van der Waals surface area contributed by atoms with Crippen LogP contribution in [-0.4, -0.2) is 116 Å². The Morgan fingerprint density at radius 2 is 1.69 bits per heavy atom. The first-order valence-corrected chi connectivity index (χ1v) is 12.9. The molecule has 0 saturated carbocycles. The molecule has 36 heavy (non-hydrogen) atoms. The van der Waals surface area contributed by atoms with Gasteiger partial charge in [-0.05, 0) is 65.8 Å². The maximum atomic E-state index is 13.8. The van der Waals surface area contributed by atoms with Crippen molar-refractivity contribution in [1.82, 2.24) is 0 Å². The van der Waals surface area contributed by atoms with Gasteiger partial charge in [0, 0.05) is 6.61 Å². The number of nitrogens with two attached hydrogens (primary N) is 1. The predicted octanol–water partition coefficient (Wildman–Crippen LogP) is 0.587. The summed E-state index contributed by atoms with van der Waals surface area (Å²) in [7, 11) is 0. The molecule has 216 valence electrons. The molecule has 1 aliphatic heterocycles. The van der Waals surface area contributed by atoms with Gasteiger partial charge >= 0.3 is 0 Å². The summed E-state index contributed by atoms with van der Waals surface area (Å²) in [5, 5.41) is 38.9. The maximum absolute atomic E-state index is 13.8. The Balaban J connectivity index is 2.64. The van der Waals surface area contributed by atoms with Crippen LogP contribution in [0.1, 0.15) is 59.3 Å². The molecule has 1 aliphatic rings. The van der Waals surface area contributed by atoms with E-state index in [2.05, 4.69) is 0 Å². The van der Waals surface area contributed by atoms with Crippen LogP contribution in [0.25, 0.3) is 0 Å². The SMILES string of the molecule is C[C@H](O)C(OC(CO)[C@@H](C)OC1CCCC(CO)O1)O[C@@H](C)C(CF)OC(CO)OCCCCCN. The number of halogens is 1. The first kappa shape index (κ1) is 33.5. The predicted molar refractivity (Wildman–Crippen MR) is 129 cm³/mol. The molecule has 9 atom stereocenters. The standard InChI is InChI=1S/C24H48FNO10/c1-16(30)24(36-21(14-28)18(3)32-22-9-7-8-19(13-27)34-22)33-17(2)20(12-25)35-23(15-29)31-11-6-4-5-10-26/h16-24,27-30H,4-15,26H2,1-3H3/t16-,17-,18+,19?,20?,21?,22?,23?,24?/m0/s1. The quantitative estimate of drug-likeness (QED) is 0.104. The lowest BCUT2D eigenvalue weighted by Gasteiger charge is -2.35. The van der Waals surface area contributed by atoms with Crippen molar-refractivity contribution in [1.29, 1.82) is 0 Å². The van der Waals surface area contributed by atoms with Crippen LogP contribution in [0.5, 0.6) is 0 Å². The number of alkyl halides is 1. The zero-order chi connectivity index (χ0) is 26.9. The summed E-state index contributed by atoms with van der Waals surface area (Å²) in [6, 6.07) is 0. The monoisotopic (exact) mass is 529 g/mol. The third kappa shape index (κ3) is 12.8. The Labute approximate surface area is 213 Å². The summed E-state index contributed by atoms with van der Waals surface area (Å²) in [6.45, 7) is 3.71. The van der Waals surface area contributed by atoms with Gasteiger partial charge < -0.3 is 54.6 Å². The molecule has 11 nitrogen and oxygen atoms in total. The van der Waals surface area contributed by atoms with Crippen LogP contribution in [0.3, 0.4) is 0 Å². The minimum absolute atomic E-state index is 0.0989. The molecule has 0 amide bonds. The molecule has 0 bridgehead atoms. The Kier molecular flexibility index (Phi) is 18.2. The minimum Gasteiger partial charge on any atom is -0.394 e. The number of aliphatic hydroxyl groups excluding tert-OH is 4. The molecule has 6 N–H and O–H groups in total. The molecule has 12 heteroatoms. The number of rotatable bonds is 21. The highest BCUT2D eigenvalue weighted by Crippen LogP contribution is 2.23. The average molecular weight is 530 g/mol. The summed E-state index contributed by atoms with van der Waals surface area (Å²) in [5.74, 6) is 0. The highest BCUT2D eigenvalue weighted by atomic mass is 19.1. The summed E-state index contributed by atoms with van der Waals surface area (Å²) in [4.78, 5) is 0. The van der Waals surface area contributed by atoms with Crippen LogP contribution >= 0.6 is 0 Å². The van der Waals surface area contributed by atoms with Gasteiger partial charge in [0.2, 0.25) is 0 Å². The fourth-order valence-corrected chi connectivity index (χ4v) is 3.70. The lowest BCUT2D eigenvalue weighted by atomic mass is 10.1. The Hall–Kier alpha value is -0.510. The Morgan fingerprint density at radius 1 is 0.944 bits per heavy atom. The van der Waals surface area contributed by atoms with Crippen molar-refractivity contribution in [2.75, 3.05) is 39.6 Å². The second-order valence-electron chi connectivity index (χ2n) is 9.11. The molecule has 0 aliphatic carbocycles. The van der Waals surface area contributed by atoms with Gasteiger partial charge in [0.25, 0.3) is 0 Å². The van der Waals surface area contributed by atoms with E-state index in [1.807, 2.05) is 0 Å². The van der Waals surface area contributed by atoms with E-state index in [4.69, 9.17) is 34.2 Å². The van der Waals surface area contributed by atoms with Gasteiger partial charge in [-0.2, -0.15) is 0 Å². The first-order chi connectivity index (χ1) is 17.3. The molecule has 1 rings (SSSR count). The van der Waals surface area contributed by atoms with Gasteiger partial charge in [-0.15, -0.1) is 0 Å². The molecule has 0 aromatic carbocycles. The molecule has 0 aromatic heterocycles. The highest BCUT2D eigenvalue weighted by molar-refractivity contribution is 4.73. The molecule has 1 fully saturated rings. The van der Waals surface area contributed by atoms with Gasteiger partial charge in [-0.1, -0.05) is 0 Å². The molecule has 0 radical (unpaired) electrons. The summed E-state index contributed by atoms with van der Waals surface area (Å²) < 4.78 is 47.9. The second kappa shape index (κ2) is 19.5. The lowest BCUT2D eigenvalue weighted by molar-refractivity contribution is -0.290. The third-order valence-electron chi connectivity index (χ3n) is 5.94. The highest BCUT2D eigenvalue weighted by Gasteiger charge is 2.33. The minimum atomic E-state index is -1.22. The molecular formula is C24H48FNO10. The van der Waals surface area contributed by atoms with Crippen LogP contribution in [-0.2, 0) is 28.4 Å².